The Labute approximate surface area is 165 Å². The number of unbranched alkanes of at least 4 members (excludes halogenated alkanes) is 1. The molecule has 6 heteroatoms. The highest BCUT2D eigenvalue weighted by molar-refractivity contribution is 5.84. The van der Waals surface area contributed by atoms with Crippen molar-refractivity contribution in [1.29, 1.82) is 0 Å². The van der Waals surface area contributed by atoms with E-state index in [2.05, 4.69) is 34.5 Å². The van der Waals surface area contributed by atoms with Gasteiger partial charge in [-0.2, -0.15) is 0 Å². The van der Waals surface area contributed by atoms with Crippen LogP contribution in [0.5, 0.6) is 0 Å². The molecule has 0 saturated heterocycles. The summed E-state index contributed by atoms with van der Waals surface area (Å²) in [6, 6.07) is 8.09. The number of aromatic nitrogens is 2. The number of aryl methyl sites for hydroxylation is 2. The molecule has 0 fully saturated rings. The third-order valence-corrected chi connectivity index (χ3v) is 4.28. The fourth-order valence-electron chi connectivity index (χ4n) is 2.79. The molecule has 0 saturated carbocycles. The van der Waals surface area contributed by atoms with Gasteiger partial charge in [-0.15, -0.1) is 0 Å². The summed E-state index contributed by atoms with van der Waals surface area (Å²) < 4.78 is 1.95. The summed E-state index contributed by atoms with van der Waals surface area (Å²) in [5, 5.41) is 10.3. The molecule has 1 heterocycles. The van der Waals surface area contributed by atoms with E-state index < -0.39 is 5.97 Å². The lowest BCUT2D eigenvalue weighted by atomic mass is 10.1. The van der Waals surface area contributed by atoms with Crippen LogP contribution < -0.4 is 10.7 Å². The molecule has 0 spiro atoms. The fourth-order valence-corrected chi connectivity index (χ4v) is 2.79. The van der Waals surface area contributed by atoms with Gasteiger partial charge in [0, 0.05) is 24.9 Å². The molecule has 0 unspecified atom stereocenters. The van der Waals surface area contributed by atoms with Crippen LogP contribution in [-0.4, -0.2) is 39.1 Å². The monoisotopic (exact) mass is 380 g/mol. The third kappa shape index (κ3) is 6.30. The summed E-state index contributed by atoms with van der Waals surface area (Å²) >= 11 is 0. The van der Waals surface area contributed by atoms with E-state index in [1.807, 2.05) is 42.8 Å². The minimum absolute atomic E-state index is 0.179. The van der Waals surface area contributed by atoms with E-state index in [1.54, 1.807) is 6.33 Å². The Balaban J connectivity index is 2.23. The lowest BCUT2D eigenvalue weighted by molar-refractivity contribution is -0.137. The zero-order valence-electron chi connectivity index (χ0n) is 16.9. The van der Waals surface area contributed by atoms with Gasteiger partial charge in [-0.05, 0) is 44.7 Å². The Bertz CT molecular complexity index is 982. The number of carboxylic acids is 1. The number of carbonyl (C=O) groups is 1. The van der Waals surface area contributed by atoms with Crippen molar-refractivity contribution in [3.8, 4) is 0 Å². The predicted octanol–water partition coefficient (Wildman–Crippen LogP) is 2.56. The van der Waals surface area contributed by atoms with Crippen LogP contribution in [0.1, 0.15) is 44.2 Å². The Morgan fingerprint density at radius 3 is 2.71 bits per heavy atom. The molecule has 1 aromatic heterocycles. The number of hydrogen-bond donors (Lipinski definition) is 1. The number of carboxylic acid groups (broad SMARTS) is 1. The van der Waals surface area contributed by atoms with Gasteiger partial charge in [0.25, 0.3) is 0 Å². The van der Waals surface area contributed by atoms with Gasteiger partial charge in [-0.25, -0.2) is 4.98 Å². The second-order valence-corrected chi connectivity index (χ2v) is 6.92. The number of hydrogen-bond acceptors (Lipinski definition) is 4. The molecule has 0 aliphatic carbocycles. The van der Waals surface area contributed by atoms with Gasteiger partial charge in [0.15, 0.2) is 0 Å². The van der Waals surface area contributed by atoms with Crippen molar-refractivity contribution in [2.75, 3.05) is 6.54 Å². The maximum Gasteiger partial charge on any atom is 0.303 e. The molecule has 0 bridgehead atoms. The van der Waals surface area contributed by atoms with Crippen LogP contribution >= 0.6 is 0 Å². The molecule has 0 radical (unpaired) electrons. The molecule has 1 aromatic carbocycles. The number of benzene rings is 1. The molecule has 6 nitrogen and oxygen atoms in total. The van der Waals surface area contributed by atoms with E-state index in [9.17, 15) is 4.79 Å². The second kappa shape index (κ2) is 10.3. The summed E-state index contributed by atoms with van der Waals surface area (Å²) in [7, 11) is 0. The molecule has 28 heavy (non-hydrogen) atoms. The van der Waals surface area contributed by atoms with Gasteiger partial charge in [-0.3, -0.25) is 14.8 Å². The van der Waals surface area contributed by atoms with Crippen LogP contribution in [0.25, 0.3) is 12.3 Å². The summed E-state index contributed by atoms with van der Waals surface area (Å²) in [6.07, 6.45) is 5.18. The van der Waals surface area contributed by atoms with Crippen LogP contribution in [0.3, 0.4) is 0 Å². The third-order valence-electron chi connectivity index (χ3n) is 4.28. The van der Waals surface area contributed by atoms with Crippen LogP contribution in [0, 0.1) is 6.92 Å². The predicted molar refractivity (Wildman–Crippen MR) is 114 cm³/mol. The molecule has 0 aliphatic rings. The summed E-state index contributed by atoms with van der Waals surface area (Å²) in [4.78, 5) is 24.3. The highest BCUT2D eigenvalue weighted by Crippen LogP contribution is 2.05. The number of nitrogens with zero attached hydrogens (tertiary/aromatic N) is 4. The zero-order chi connectivity index (χ0) is 20.5. The van der Waals surface area contributed by atoms with Crippen molar-refractivity contribution in [3.05, 3.63) is 52.4 Å². The number of rotatable bonds is 9. The molecule has 1 N–H and O–H groups in total. The molecular formula is C22H28N4O2. The number of imidazole rings is 1. The number of aliphatic imine (C=N–C) groups is 2. The zero-order valence-corrected chi connectivity index (χ0v) is 16.9. The van der Waals surface area contributed by atoms with E-state index in [0.717, 1.165) is 34.1 Å². The van der Waals surface area contributed by atoms with Crippen molar-refractivity contribution in [1.82, 2.24) is 9.55 Å². The fraction of sp³-hybridized carbons (Fsp3) is 0.364. The first-order chi connectivity index (χ1) is 13.4. The molecule has 0 amide bonds. The SMILES string of the molecule is C=c1/c(=C(/CN=Cc2ccccc2C)N=C(C)C)ncn1CCCCC(=O)O. The van der Waals surface area contributed by atoms with E-state index in [1.165, 1.54) is 5.56 Å². The standard InChI is InChI=1S/C22H28N4O2/c1-16(2)25-20(14-23-13-19-10-6-5-9-17(19)3)22-18(4)26(15-24-22)12-8-7-11-21(27)28/h5-6,9-10,13,15H,4,7-8,11-12,14H2,1-3H3,(H,27,28)/b22-20+,23-13?. The van der Waals surface area contributed by atoms with Crippen molar-refractivity contribution in [3.63, 3.8) is 0 Å². The number of aliphatic carboxylic acids is 1. The molecular weight excluding hydrogens is 352 g/mol. The Kier molecular flexibility index (Phi) is 7.87. The first-order valence-corrected chi connectivity index (χ1v) is 9.41. The first kappa shape index (κ1) is 21.3. The van der Waals surface area contributed by atoms with Gasteiger partial charge < -0.3 is 9.67 Å². The molecule has 2 rings (SSSR count). The summed E-state index contributed by atoms with van der Waals surface area (Å²) in [5.41, 5.74) is 3.96. The summed E-state index contributed by atoms with van der Waals surface area (Å²) in [6.45, 7) is 11.2. The minimum atomic E-state index is -0.768. The normalized spacial score (nSPS) is 12.2. The lowest BCUT2D eigenvalue weighted by Gasteiger charge is -2.02. The van der Waals surface area contributed by atoms with Crippen LogP contribution in [0.4, 0.5) is 0 Å². The second-order valence-electron chi connectivity index (χ2n) is 6.92. The maximum absolute atomic E-state index is 10.6. The quantitative estimate of drug-likeness (QED) is 0.536. The molecule has 2 aromatic rings. The van der Waals surface area contributed by atoms with Gasteiger partial charge in [0.1, 0.15) is 5.35 Å². The summed E-state index contributed by atoms with van der Waals surface area (Å²) in [5.74, 6) is -0.768. The van der Waals surface area contributed by atoms with Crippen LogP contribution in [-0.2, 0) is 11.3 Å². The van der Waals surface area contributed by atoms with Crippen molar-refractivity contribution < 1.29 is 9.90 Å². The first-order valence-electron chi connectivity index (χ1n) is 9.41. The smallest absolute Gasteiger partial charge is 0.303 e. The Morgan fingerprint density at radius 2 is 2.04 bits per heavy atom. The van der Waals surface area contributed by atoms with E-state index in [0.29, 0.717) is 19.5 Å². The van der Waals surface area contributed by atoms with E-state index in [4.69, 9.17) is 5.11 Å². The Hall–Kier alpha value is -3.02. The average Bonchev–Trinajstić information content (AvgIpc) is 2.99. The van der Waals surface area contributed by atoms with Crippen LogP contribution in [0.15, 0.2) is 40.6 Å². The highest BCUT2D eigenvalue weighted by atomic mass is 16.4. The van der Waals surface area contributed by atoms with E-state index in [-0.39, 0.29) is 6.42 Å². The molecule has 148 valence electrons. The molecule has 0 aliphatic heterocycles. The minimum Gasteiger partial charge on any atom is -0.481 e. The highest BCUT2D eigenvalue weighted by Gasteiger charge is 2.04. The van der Waals surface area contributed by atoms with E-state index >= 15 is 0 Å². The lowest BCUT2D eigenvalue weighted by Crippen LogP contribution is -2.31. The topological polar surface area (TPSA) is 79.8 Å². The molecule has 0 atom stereocenters. The van der Waals surface area contributed by atoms with Gasteiger partial charge in [0.2, 0.25) is 0 Å². The van der Waals surface area contributed by atoms with Crippen LogP contribution in [0.2, 0.25) is 0 Å². The van der Waals surface area contributed by atoms with Crippen molar-refractivity contribution in [2.24, 2.45) is 9.98 Å². The van der Waals surface area contributed by atoms with Gasteiger partial charge in [-0.1, -0.05) is 30.8 Å². The van der Waals surface area contributed by atoms with Gasteiger partial charge in [0.05, 0.1) is 23.9 Å². The average molecular weight is 380 g/mol. The van der Waals surface area contributed by atoms with Gasteiger partial charge >= 0.3 is 5.97 Å². The van der Waals surface area contributed by atoms with Crippen molar-refractivity contribution in [2.45, 2.75) is 46.6 Å². The van der Waals surface area contributed by atoms with Crippen molar-refractivity contribution >= 4 is 30.2 Å². The largest absolute Gasteiger partial charge is 0.481 e. The Morgan fingerprint density at radius 1 is 1.29 bits per heavy atom. The maximum atomic E-state index is 10.6.